The van der Waals surface area contributed by atoms with E-state index in [0.29, 0.717) is 23.2 Å². The number of aromatic hydroxyl groups is 1. The number of hydrogen-bond acceptors (Lipinski definition) is 6. The Morgan fingerprint density at radius 1 is 0.970 bits per heavy atom. The second-order valence-electron chi connectivity index (χ2n) is 7.49. The molecule has 0 aliphatic rings. The van der Waals surface area contributed by atoms with Crippen LogP contribution in [0.2, 0.25) is 0 Å². The van der Waals surface area contributed by atoms with Crippen LogP contribution in [0.3, 0.4) is 0 Å². The van der Waals surface area contributed by atoms with Gasteiger partial charge in [-0.15, -0.1) is 0 Å². The van der Waals surface area contributed by atoms with Gasteiger partial charge in [-0.25, -0.2) is 9.98 Å². The van der Waals surface area contributed by atoms with Crippen LogP contribution in [-0.2, 0) is 0 Å². The molecule has 0 amide bonds. The number of benzene rings is 3. The summed E-state index contributed by atoms with van der Waals surface area (Å²) in [4.78, 5) is 10.8. The Hall–Kier alpha value is -3.90. The van der Waals surface area contributed by atoms with E-state index in [1.807, 2.05) is 55.5 Å². The highest BCUT2D eigenvalue weighted by Crippen LogP contribution is 2.34. The molecule has 5 aromatic rings. The number of rotatable bonds is 5. The van der Waals surface area contributed by atoms with Gasteiger partial charge in [0.05, 0.1) is 17.7 Å². The number of aryl methyl sites for hydroxylation is 1. The highest BCUT2D eigenvalue weighted by Gasteiger charge is 2.12. The van der Waals surface area contributed by atoms with E-state index >= 15 is 0 Å². The lowest BCUT2D eigenvalue weighted by atomic mass is 10.1. The van der Waals surface area contributed by atoms with E-state index < -0.39 is 0 Å². The van der Waals surface area contributed by atoms with Crippen LogP contribution in [0, 0.1) is 6.92 Å². The molecule has 0 saturated heterocycles. The first-order valence-electron chi connectivity index (χ1n) is 10.7. The third kappa shape index (κ3) is 4.25. The molecular formula is C27H22N2O3S. The van der Waals surface area contributed by atoms with Gasteiger partial charge in [0.1, 0.15) is 11.3 Å². The number of aromatic nitrogens is 1. The van der Waals surface area contributed by atoms with Crippen LogP contribution >= 0.6 is 11.3 Å². The quantitative estimate of drug-likeness (QED) is 0.315. The summed E-state index contributed by atoms with van der Waals surface area (Å²) in [6.45, 7) is 4.40. The number of hydrogen-bond donors (Lipinski definition) is 1. The zero-order valence-electron chi connectivity index (χ0n) is 18.3. The predicted molar refractivity (Wildman–Crippen MR) is 132 cm³/mol. The highest BCUT2D eigenvalue weighted by atomic mass is 32.1. The molecule has 0 unspecified atom stereocenters. The lowest BCUT2D eigenvalue weighted by Crippen LogP contribution is -2.03. The molecule has 0 spiro atoms. The lowest BCUT2D eigenvalue weighted by molar-refractivity contribution is 0.318. The van der Waals surface area contributed by atoms with Crippen molar-refractivity contribution in [3.63, 3.8) is 0 Å². The monoisotopic (exact) mass is 454 g/mol. The summed E-state index contributed by atoms with van der Waals surface area (Å²) in [5.41, 5.74) is 3.54. The molecule has 0 radical (unpaired) electrons. The first-order valence-corrected chi connectivity index (χ1v) is 11.5. The Morgan fingerprint density at radius 3 is 2.58 bits per heavy atom. The molecule has 5 nitrogen and oxygen atoms in total. The van der Waals surface area contributed by atoms with Crippen molar-refractivity contribution in [2.24, 2.45) is 4.99 Å². The summed E-state index contributed by atoms with van der Waals surface area (Å²) in [6.07, 6.45) is 0. The minimum Gasteiger partial charge on any atom is -0.504 e. The Labute approximate surface area is 195 Å². The molecule has 6 heteroatoms. The molecule has 5 rings (SSSR count). The van der Waals surface area contributed by atoms with E-state index in [2.05, 4.69) is 19.1 Å². The topological polar surface area (TPSA) is 67.9 Å². The predicted octanol–water partition coefficient (Wildman–Crippen LogP) is 6.87. The maximum Gasteiger partial charge on any atom is 0.210 e. The Morgan fingerprint density at radius 2 is 1.76 bits per heavy atom. The van der Waals surface area contributed by atoms with Crippen LogP contribution < -0.4 is 10.1 Å². The maximum absolute atomic E-state index is 10.1. The molecule has 33 heavy (non-hydrogen) atoms. The highest BCUT2D eigenvalue weighted by molar-refractivity contribution is 7.15. The van der Waals surface area contributed by atoms with E-state index in [1.165, 1.54) is 0 Å². The van der Waals surface area contributed by atoms with Gasteiger partial charge >= 0.3 is 0 Å². The van der Waals surface area contributed by atoms with Crippen molar-refractivity contribution in [3.05, 3.63) is 89.1 Å². The number of nitrogens with zero attached hydrogens (tertiary/aromatic N) is 2. The minimum atomic E-state index is 0.0954. The number of phenolic OH excluding ortho intramolecular Hbond substituents is 1. The fourth-order valence-corrected chi connectivity index (χ4v) is 4.50. The Bertz CT molecular complexity index is 1500. The van der Waals surface area contributed by atoms with Gasteiger partial charge in [0.15, 0.2) is 11.5 Å². The smallest absolute Gasteiger partial charge is 0.210 e. The van der Waals surface area contributed by atoms with Crippen LogP contribution in [0.15, 0.2) is 88.3 Å². The Balaban J connectivity index is 1.66. The summed E-state index contributed by atoms with van der Waals surface area (Å²) in [5.74, 6) is 1.14. The summed E-state index contributed by atoms with van der Waals surface area (Å²) in [7, 11) is 0. The molecule has 0 aliphatic carbocycles. The fourth-order valence-electron chi connectivity index (χ4n) is 3.69. The van der Waals surface area contributed by atoms with Crippen molar-refractivity contribution >= 4 is 27.4 Å². The second kappa shape index (κ2) is 8.92. The number of thiazole rings is 1. The van der Waals surface area contributed by atoms with Crippen LogP contribution in [-0.4, -0.2) is 16.7 Å². The third-order valence-electron chi connectivity index (χ3n) is 5.24. The van der Waals surface area contributed by atoms with Gasteiger partial charge in [-0.3, -0.25) is 0 Å². The van der Waals surface area contributed by atoms with E-state index in [4.69, 9.17) is 19.1 Å². The Kier molecular flexibility index (Phi) is 5.67. The molecular weight excluding hydrogens is 432 g/mol. The SMILES string of the molecule is CCOc1cc(-c2c/c(=N\c3nc(-c4ccccc4)c(C)s3)c3ccccc3o2)ccc1O. The van der Waals surface area contributed by atoms with E-state index in [0.717, 1.165) is 38.0 Å². The van der Waals surface area contributed by atoms with Gasteiger partial charge in [0.2, 0.25) is 5.13 Å². The van der Waals surface area contributed by atoms with Crippen LogP contribution in [0.1, 0.15) is 11.8 Å². The number of phenols is 1. The fraction of sp³-hybridized carbons (Fsp3) is 0.111. The summed E-state index contributed by atoms with van der Waals surface area (Å²) >= 11 is 1.56. The lowest BCUT2D eigenvalue weighted by Gasteiger charge is -2.09. The molecule has 0 aliphatic heterocycles. The molecule has 0 atom stereocenters. The van der Waals surface area contributed by atoms with Crippen molar-refractivity contribution < 1.29 is 14.3 Å². The molecule has 0 fully saturated rings. The largest absolute Gasteiger partial charge is 0.504 e. The van der Waals surface area contributed by atoms with Gasteiger partial charge in [-0.05, 0) is 44.2 Å². The van der Waals surface area contributed by atoms with Crippen LogP contribution in [0.5, 0.6) is 11.5 Å². The third-order valence-corrected chi connectivity index (χ3v) is 6.11. The minimum absolute atomic E-state index is 0.0954. The summed E-state index contributed by atoms with van der Waals surface area (Å²) in [6, 6.07) is 25.0. The zero-order valence-corrected chi connectivity index (χ0v) is 19.1. The van der Waals surface area contributed by atoms with Crippen molar-refractivity contribution in [1.82, 2.24) is 4.98 Å². The first-order chi connectivity index (χ1) is 16.1. The molecule has 0 bridgehead atoms. The van der Waals surface area contributed by atoms with Crippen molar-refractivity contribution in [3.8, 4) is 34.1 Å². The van der Waals surface area contributed by atoms with Crippen LogP contribution in [0.4, 0.5) is 5.13 Å². The molecule has 164 valence electrons. The molecule has 2 aromatic heterocycles. The summed E-state index contributed by atoms with van der Waals surface area (Å²) in [5, 5.41) is 12.4. The average Bonchev–Trinajstić information content (AvgIpc) is 3.21. The van der Waals surface area contributed by atoms with Gasteiger partial charge < -0.3 is 14.3 Å². The maximum atomic E-state index is 10.1. The normalized spacial score (nSPS) is 11.8. The molecule has 3 aromatic carbocycles. The number of para-hydroxylation sites is 1. The van der Waals surface area contributed by atoms with E-state index in [-0.39, 0.29) is 5.75 Å². The summed E-state index contributed by atoms with van der Waals surface area (Å²) < 4.78 is 11.7. The van der Waals surface area contributed by atoms with Crippen molar-refractivity contribution in [2.45, 2.75) is 13.8 Å². The number of fused-ring (bicyclic) bond motifs is 1. The van der Waals surface area contributed by atoms with Crippen molar-refractivity contribution in [2.75, 3.05) is 6.61 Å². The molecule has 1 N–H and O–H groups in total. The second-order valence-corrected chi connectivity index (χ2v) is 8.67. The standard InChI is InChI=1S/C27H22N2O3S/c1-3-31-25-15-19(13-14-22(25)30)24-16-21(20-11-7-8-12-23(20)32-24)28-27-29-26(17(2)33-27)18-9-5-4-6-10-18/h4-16,30H,3H2,1-2H3/b28-21+. The van der Waals surface area contributed by atoms with Gasteiger partial charge in [0, 0.05) is 27.5 Å². The van der Waals surface area contributed by atoms with Crippen molar-refractivity contribution in [1.29, 1.82) is 0 Å². The van der Waals surface area contributed by atoms with Gasteiger partial charge in [-0.2, -0.15) is 0 Å². The van der Waals surface area contributed by atoms with E-state index in [1.54, 1.807) is 29.5 Å². The molecule has 2 heterocycles. The van der Waals surface area contributed by atoms with Gasteiger partial charge in [-0.1, -0.05) is 53.8 Å². The number of ether oxygens (including phenoxy) is 1. The van der Waals surface area contributed by atoms with Gasteiger partial charge in [0.25, 0.3) is 0 Å². The molecule has 0 saturated carbocycles. The first kappa shape index (κ1) is 21.0. The zero-order chi connectivity index (χ0) is 22.8. The van der Waals surface area contributed by atoms with E-state index in [9.17, 15) is 5.11 Å². The average molecular weight is 455 g/mol. The van der Waals surface area contributed by atoms with Crippen LogP contribution in [0.25, 0.3) is 33.6 Å².